The van der Waals surface area contributed by atoms with Gasteiger partial charge in [-0.25, -0.2) is 0 Å². The van der Waals surface area contributed by atoms with Crippen molar-refractivity contribution < 1.29 is 0 Å². The van der Waals surface area contributed by atoms with Gasteiger partial charge >= 0.3 is 0 Å². The molecule has 0 unspecified atom stereocenters. The maximum Gasteiger partial charge on any atom is 0.0601 e. The van der Waals surface area contributed by atoms with Crippen molar-refractivity contribution in [3.63, 3.8) is 0 Å². The quantitative estimate of drug-likeness (QED) is 0.514. The molecule has 1 aliphatic rings. The third kappa shape index (κ3) is 5.19. The highest BCUT2D eigenvalue weighted by molar-refractivity contribution is 5.31. The number of nitrogens with zero attached hydrogens (tertiary/aromatic N) is 1. The third-order valence-corrected chi connectivity index (χ3v) is 5.48. The first-order valence-corrected chi connectivity index (χ1v) is 10.1. The van der Waals surface area contributed by atoms with Gasteiger partial charge in [0.05, 0.1) is 6.04 Å². The second-order valence-corrected chi connectivity index (χ2v) is 7.33. The van der Waals surface area contributed by atoms with Gasteiger partial charge in [-0.2, -0.15) is 0 Å². The Bertz CT molecular complexity index is 545. The molecule has 133 valence electrons. The number of likely N-dealkylation sites (tertiary alicyclic amines) is 1. The summed E-state index contributed by atoms with van der Waals surface area (Å²) >= 11 is 0. The van der Waals surface area contributed by atoms with E-state index in [-0.39, 0.29) is 0 Å². The maximum absolute atomic E-state index is 2.68. The summed E-state index contributed by atoms with van der Waals surface area (Å²) < 4.78 is 0. The van der Waals surface area contributed by atoms with Crippen LogP contribution >= 0.6 is 0 Å². The Balaban J connectivity index is 1.63. The van der Waals surface area contributed by atoms with Gasteiger partial charge in [0.1, 0.15) is 0 Å². The van der Waals surface area contributed by atoms with Crippen LogP contribution in [0.2, 0.25) is 0 Å². The summed E-state index contributed by atoms with van der Waals surface area (Å²) in [6.45, 7) is 4.68. The van der Waals surface area contributed by atoms with Crippen LogP contribution in [0.1, 0.15) is 62.6 Å². The number of unbranched alkanes of at least 4 members (excludes halogenated alkanes) is 3. The molecule has 0 saturated carbocycles. The minimum Gasteiger partial charge on any atom is -0.292 e. The zero-order valence-electron chi connectivity index (χ0n) is 15.6. The molecule has 0 N–H and O–H groups in total. The Morgan fingerprint density at radius 1 is 0.880 bits per heavy atom. The van der Waals surface area contributed by atoms with E-state index in [1.54, 1.807) is 0 Å². The summed E-state index contributed by atoms with van der Waals surface area (Å²) in [6, 6.07) is 22.4. The van der Waals surface area contributed by atoms with Crippen LogP contribution in [0, 0.1) is 12.3 Å². The molecule has 1 aliphatic heterocycles. The van der Waals surface area contributed by atoms with E-state index in [4.69, 9.17) is 0 Å². The summed E-state index contributed by atoms with van der Waals surface area (Å²) in [4.78, 5) is 2.68. The van der Waals surface area contributed by atoms with Crippen LogP contribution in [0.25, 0.3) is 0 Å². The number of rotatable bonds is 8. The van der Waals surface area contributed by atoms with Gasteiger partial charge < -0.3 is 0 Å². The van der Waals surface area contributed by atoms with Gasteiger partial charge in [-0.1, -0.05) is 86.8 Å². The van der Waals surface area contributed by atoms with Crippen molar-refractivity contribution in [2.45, 2.75) is 51.5 Å². The van der Waals surface area contributed by atoms with Crippen LogP contribution in [0.3, 0.4) is 0 Å². The van der Waals surface area contributed by atoms with Crippen molar-refractivity contribution in [3.8, 4) is 0 Å². The second-order valence-electron chi connectivity index (χ2n) is 7.33. The SMILES string of the molecule is CCCCC[CH]C1CCN(C(c2ccccc2)c2ccccc2)CC1. The van der Waals surface area contributed by atoms with Crippen molar-refractivity contribution in [1.29, 1.82) is 0 Å². The molecule has 1 radical (unpaired) electrons. The van der Waals surface area contributed by atoms with Crippen molar-refractivity contribution in [2.75, 3.05) is 13.1 Å². The van der Waals surface area contributed by atoms with E-state index < -0.39 is 0 Å². The van der Waals surface area contributed by atoms with E-state index in [1.165, 1.54) is 62.7 Å². The maximum atomic E-state index is 2.68. The molecule has 1 saturated heterocycles. The Morgan fingerprint density at radius 2 is 1.44 bits per heavy atom. The molecule has 0 aliphatic carbocycles. The first-order valence-electron chi connectivity index (χ1n) is 10.1. The lowest BCUT2D eigenvalue weighted by atomic mass is 9.88. The average Bonchev–Trinajstić information content (AvgIpc) is 2.68. The standard InChI is InChI=1S/C24H32N/c1-2-3-4-7-12-21-17-19-25(20-18-21)24(22-13-8-5-9-14-22)23-15-10-6-11-16-23/h5-6,8-16,21,24H,2-4,7,17-20H2,1H3. The summed E-state index contributed by atoms with van der Waals surface area (Å²) in [6.07, 6.45) is 10.6. The highest BCUT2D eigenvalue weighted by Gasteiger charge is 2.27. The van der Waals surface area contributed by atoms with Crippen LogP contribution in [0.15, 0.2) is 60.7 Å². The lowest BCUT2D eigenvalue weighted by Gasteiger charge is -2.38. The number of benzene rings is 2. The number of hydrogen-bond donors (Lipinski definition) is 0. The zero-order valence-corrected chi connectivity index (χ0v) is 15.6. The highest BCUT2D eigenvalue weighted by Crippen LogP contribution is 2.33. The van der Waals surface area contributed by atoms with E-state index in [0.717, 1.165) is 5.92 Å². The molecule has 0 spiro atoms. The molecule has 2 aromatic rings. The van der Waals surface area contributed by atoms with Gasteiger partial charge in [-0.3, -0.25) is 4.90 Å². The van der Waals surface area contributed by atoms with Crippen LogP contribution in [0.4, 0.5) is 0 Å². The molecule has 1 fully saturated rings. The van der Waals surface area contributed by atoms with E-state index >= 15 is 0 Å². The summed E-state index contributed by atoms with van der Waals surface area (Å²) in [5.41, 5.74) is 2.83. The fourth-order valence-corrected chi connectivity index (χ4v) is 4.05. The van der Waals surface area contributed by atoms with Crippen molar-refractivity contribution in [2.24, 2.45) is 5.92 Å². The fourth-order valence-electron chi connectivity index (χ4n) is 4.05. The molecule has 0 atom stereocenters. The highest BCUT2D eigenvalue weighted by atomic mass is 15.2. The average molecular weight is 335 g/mol. The van der Waals surface area contributed by atoms with E-state index in [2.05, 4.69) is 78.9 Å². The van der Waals surface area contributed by atoms with Gasteiger partial charge in [0.2, 0.25) is 0 Å². The molecule has 1 heteroatoms. The van der Waals surface area contributed by atoms with Crippen LogP contribution in [0.5, 0.6) is 0 Å². The number of piperidine rings is 1. The molecule has 25 heavy (non-hydrogen) atoms. The summed E-state index contributed by atoms with van der Waals surface area (Å²) in [7, 11) is 0. The summed E-state index contributed by atoms with van der Waals surface area (Å²) in [5.74, 6) is 0.820. The Morgan fingerprint density at radius 3 is 1.96 bits per heavy atom. The van der Waals surface area contributed by atoms with Crippen molar-refractivity contribution in [3.05, 3.63) is 78.2 Å². The minimum atomic E-state index is 0.392. The van der Waals surface area contributed by atoms with E-state index in [1.807, 2.05) is 0 Å². The van der Waals surface area contributed by atoms with Gasteiger partial charge in [0.25, 0.3) is 0 Å². The zero-order chi connectivity index (χ0) is 17.3. The Kier molecular flexibility index (Phi) is 7.11. The van der Waals surface area contributed by atoms with Gasteiger partial charge in [0, 0.05) is 0 Å². The predicted molar refractivity (Wildman–Crippen MR) is 107 cm³/mol. The van der Waals surface area contributed by atoms with E-state index in [9.17, 15) is 0 Å². The Hall–Kier alpha value is -1.60. The van der Waals surface area contributed by atoms with Crippen molar-refractivity contribution in [1.82, 2.24) is 4.90 Å². The van der Waals surface area contributed by atoms with Gasteiger partial charge in [0.15, 0.2) is 0 Å². The minimum absolute atomic E-state index is 0.392. The molecule has 1 nitrogen and oxygen atoms in total. The topological polar surface area (TPSA) is 3.24 Å². The monoisotopic (exact) mass is 334 g/mol. The lowest BCUT2D eigenvalue weighted by Crippen LogP contribution is -2.37. The molecule has 0 aromatic heterocycles. The smallest absolute Gasteiger partial charge is 0.0601 e. The van der Waals surface area contributed by atoms with E-state index in [0.29, 0.717) is 6.04 Å². The molecule has 0 amide bonds. The van der Waals surface area contributed by atoms with Gasteiger partial charge in [-0.05, 0) is 55.8 Å². The lowest BCUT2D eigenvalue weighted by molar-refractivity contribution is 0.160. The number of hydrogen-bond acceptors (Lipinski definition) is 1. The Labute approximate surface area is 154 Å². The third-order valence-electron chi connectivity index (χ3n) is 5.48. The first kappa shape index (κ1) is 18.2. The molecular weight excluding hydrogens is 302 g/mol. The van der Waals surface area contributed by atoms with Crippen LogP contribution in [-0.4, -0.2) is 18.0 Å². The molecule has 1 heterocycles. The van der Waals surface area contributed by atoms with Crippen LogP contribution < -0.4 is 0 Å². The van der Waals surface area contributed by atoms with Crippen LogP contribution in [-0.2, 0) is 0 Å². The van der Waals surface area contributed by atoms with Crippen molar-refractivity contribution >= 4 is 0 Å². The molecule has 3 rings (SSSR count). The molecule has 2 aromatic carbocycles. The first-order chi connectivity index (χ1) is 12.4. The van der Waals surface area contributed by atoms with Gasteiger partial charge in [-0.15, -0.1) is 0 Å². The fraction of sp³-hybridized carbons (Fsp3) is 0.458. The predicted octanol–water partition coefficient (Wildman–Crippen LogP) is 6.27. The normalized spacial score (nSPS) is 16.4. The summed E-state index contributed by atoms with van der Waals surface area (Å²) in [5, 5.41) is 0. The second kappa shape index (κ2) is 9.77. The molecule has 0 bridgehead atoms. The molecular formula is C24H32N. The largest absolute Gasteiger partial charge is 0.292 e.